The standard InChI is InChI=1S/C42H59N5O6S/c1-26(13-20-36(43)49)24-53-35-21-30(15-14-27(35)2)11-9-8-10-12-37(50)46-39(42(5,6)7)41(52)47-23-33(48)22-34(47)40(51)45-28(3)31-16-18-32(19-17-31)38-29(4)44-25-54-38/h14-19,21,25-26,28,33-34,39,48H,8-13,20,22-24H2,1-7H3,(H2,43,49)(H,45,51)(H,46,50)/t26-,28-,33+,34-,39+/m0/s1. The van der Waals surface area contributed by atoms with Crippen molar-refractivity contribution in [1.82, 2.24) is 20.5 Å². The van der Waals surface area contributed by atoms with Crippen molar-refractivity contribution in [2.24, 2.45) is 17.1 Å². The molecule has 4 rings (SSSR count). The maximum Gasteiger partial charge on any atom is 0.246 e. The van der Waals surface area contributed by atoms with E-state index in [0.717, 1.165) is 57.8 Å². The van der Waals surface area contributed by atoms with E-state index in [1.54, 1.807) is 11.3 Å². The Balaban J connectivity index is 1.27. The number of unbranched alkanes of at least 4 members (excludes halogenated alkanes) is 2. The molecule has 0 aliphatic carbocycles. The number of primary amides is 1. The van der Waals surface area contributed by atoms with Crippen LogP contribution in [0.1, 0.15) is 108 Å². The number of nitrogens with two attached hydrogens (primary N) is 1. The lowest BCUT2D eigenvalue weighted by atomic mass is 9.85. The van der Waals surface area contributed by atoms with E-state index in [1.807, 2.05) is 84.3 Å². The van der Waals surface area contributed by atoms with Gasteiger partial charge in [-0.25, -0.2) is 4.98 Å². The molecule has 1 aliphatic heterocycles. The van der Waals surface area contributed by atoms with Gasteiger partial charge in [0.2, 0.25) is 23.6 Å². The number of aliphatic hydroxyl groups excluding tert-OH is 1. The SMILES string of the molecule is Cc1ccc(CCCCCC(=O)N[C@H](C(=O)N2C[C@H](O)C[C@H]2C(=O)N[C@@H](C)c2ccc(-c3scnc3C)cc2)C(C)(C)C)cc1OC[C@@H](C)CCC(N)=O. The van der Waals surface area contributed by atoms with Crippen LogP contribution in [0.4, 0.5) is 0 Å². The fraction of sp³-hybridized carbons (Fsp3) is 0.548. The Kier molecular flexibility index (Phi) is 15.2. The number of hydrogen-bond donors (Lipinski definition) is 4. The predicted octanol–water partition coefficient (Wildman–Crippen LogP) is 6.18. The third-order valence-electron chi connectivity index (χ3n) is 10.1. The van der Waals surface area contributed by atoms with Crippen molar-refractivity contribution in [2.45, 2.75) is 124 Å². The number of rotatable bonds is 18. The summed E-state index contributed by atoms with van der Waals surface area (Å²) in [5, 5.41) is 16.6. The number of nitrogens with one attached hydrogen (secondary N) is 2. The third-order valence-corrected chi connectivity index (χ3v) is 11.1. The van der Waals surface area contributed by atoms with Gasteiger partial charge >= 0.3 is 0 Å². The van der Waals surface area contributed by atoms with Crippen molar-refractivity contribution in [1.29, 1.82) is 0 Å². The summed E-state index contributed by atoms with van der Waals surface area (Å²) >= 11 is 1.58. The molecular formula is C42H59N5O6S. The minimum atomic E-state index is -0.866. The minimum absolute atomic E-state index is 0.0245. The van der Waals surface area contributed by atoms with Gasteiger partial charge in [0.1, 0.15) is 17.8 Å². The molecule has 12 heteroatoms. The molecule has 2 heterocycles. The van der Waals surface area contributed by atoms with Crippen molar-refractivity contribution in [3.05, 3.63) is 70.4 Å². The molecule has 11 nitrogen and oxygen atoms in total. The molecule has 54 heavy (non-hydrogen) atoms. The van der Waals surface area contributed by atoms with E-state index in [0.29, 0.717) is 25.9 Å². The summed E-state index contributed by atoms with van der Waals surface area (Å²) in [6.45, 7) is 14.1. The number of carbonyl (C=O) groups excluding carboxylic acids is 4. The second-order valence-corrected chi connectivity index (χ2v) is 16.8. The highest BCUT2D eigenvalue weighted by Crippen LogP contribution is 2.30. The van der Waals surface area contributed by atoms with Crippen LogP contribution in [0, 0.1) is 25.2 Å². The molecule has 0 unspecified atom stereocenters. The molecule has 3 aromatic rings. The van der Waals surface area contributed by atoms with E-state index in [4.69, 9.17) is 10.5 Å². The summed E-state index contributed by atoms with van der Waals surface area (Å²) in [4.78, 5) is 58.8. The first-order valence-corrected chi connectivity index (χ1v) is 20.0. The summed E-state index contributed by atoms with van der Waals surface area (Å²) in [6, 6.07) is 12.2. The second kappa shape index (κ2) is 19.3. The minimum Gasteiger partial charge on any atom is -0.493 e. The van der Waals surface area contributed by atoms with Gasteiger partial charge in [0.05, 0.1) is 34.8 Å². The van der Waals surface area contributed by atoms with E-state index in [-0.39, 0.29) is 55.0 Å². The van der Waals surface area contributed by atoms with Crippen LogP contribution in [0.2, 0.25) is 0 Å². The molecule has 1 fully saturated rings. The van der Waals surface area contributed by atoms with Crippen LogP contribution in [0.15, 0.2) is 48.0 Å². The molecule has 0 radical (unpaired) electrons. The van der Waals surface area contributed by atoms with Gasteiger partial charge in [-0.2, -0.15) is 0 Å². The zero-order chi connectivity index (χ0) is 39.6. The van der Waals surface area contributed by atoms with E-state index in [9.17, 15) is 24.3 Å². The summed E-state index contributed by atoms with van der Waals surface area (Å²) in [5.74, 6) is -0.176. The number of thiazole rings is 1. The molecule has 5 atom stereocenters. The number of benzene rings is 2. The molecule has 5 N–H and O–H groups in total. The Bertz CT molecular complexity index is 1740. The monoisotopic (exact) mass is 761 g/mol. The van der Waals surface area contributed by atoms with Crippen LogP contribution in [0.3, 0.4) is 0 Å². The maximum absolute atomic E-state index is 14.0. The lowest BCUT2D eigenvalue weighted by Crippen LogP contribution is -2.57. The number of β-amino-alcohol motifs (C(OH)–C–C–N with tert-alkyl or cyclic N) is 1. The highest BCUT2D eigenvalue weighted by atomic mass is 32.1. The van der Waals surface area contributed by atoms with Crippen LogP contribution in [-0.4, -0.2) is 70.0 Å². The fourth-order valence-electron chi connectivity index (χ4n) is 6.70. The van der Waals surface area contributed by atoms with Crippen LogP contribution in [0.25, 0.3) is 10.4 Å². The molecule has 1 saturated heterocycles. The number of aryl methyl sites for hydroxylation is 3. The van der Waals surface area contributed by atoms with Gasteiger partial charge in [-0.1, -0.05) is 70.5 Å². The average molecular weight is 762 g/mol. The number of ether oxygens (including phenoxy) is 1. The van der Waals surface area contributed by atoms with Crippen molar-refractivity contribution in [2.75, 3.05) is 13.2 Å². The third kappa shape index (κ3) is 12.1. The molecular weight excluding hydrogens is 703 g/mol. The molecule has 294 valence electrons. The van der Waals surface area contributed by atoms with Gasteiger partial charge in [0.25, 0.3) is 0 Å². The Morgan fingerprint density at radius 2 is 1.74 bits per heavy atom. The summed E-state index contributed by atoms with van der Waals surface area (Å²) in [7, 11) is 0. The Hall–Kier alpha value is -4.29. The first-order chi connectivity index (χ1) is 25.5. The number of hydrogen-bond acceptors (Lipinski definition) is 8. The number of aliphatic hydroxyl groups is 1. The average Bonchev–Trinajstić information content (AvgIpc) is 3.74. The highest BCUT2D eigenvalue weighted by molar-refractivity contribution is 7.13. The van der Waals surface area contributed by atoms with Gasteiger partial charge in [-0.15, -0.1) is 11.3 Å². The molecule has 1 aromatic heterocycles. The maximum atomic E-state index is 14.0. The summed E-state index contributed by atoms with van der Waals surface area (Å²) < 4.78 is 6.06. The van der Waals surface area contributed by atoms with E-state index in [1.165, 1.54) is 4.90 Å². The molecule has 0 saturated carbocycles. The van der Waals surface area contributed by atoms with Gasteiger partial charge in [0.15, 0.2) is 0 Å². The topological polar surface area (TPSA) is 164 Å². The molecule has 0 spiro atoms. The first-order valence-electron chi connectivity index (χ1n) is 19.1. The normalized spacial score (nSPS) is 17.4. The van der Waals surface area contributed by atoms with Gasteiger partial charge in [-0.3, -0.25) is 19.2 Å². The van der Waals surface area contributed by atoms with Crippen molar-refractivity contribution in [3.8, 4) is 16.2 Å². The van der Waals surface area contributed by atoms with E-state index < -0.39 is 23.6 Å². The smallest absolute Gasteiger partial charge is 0.246 e. The Labute approximate surface area is 324 Å². The molecule has 2 aromatic carbocycles. The lowest BCUT2D eigenvalue weighted by Gasteiger charge is -2.35. The van der Waals surface area contributed by atoms with Crippen LogP contribution in [-0.2, 0) is 25.6 Å². The zero-order valence-corrected chi connectivity index (χ0v) is 33.8. The number of likely N-dealkylation sites (tertiary alicyclic amines) is 1. The first kappa shape index (κ1) is 42.5. The second-order valence-electron chi connectivity index (χ2n) is 16.0. The number of amides is 4. The van der Waals surface area contributed by atoms with E-state index >= 15 is 0 Å². The van der Waals surface area contributed by atoms with Crippen LogP contribution < -0.4 is 21.1 Å². The van der Waals surface area contributed by atoms with E-state index in [2.05, 4.69) is 27.8 Å². The largest absolute Gasteiger partial charge is 0.493 e. The van der Waals surface area contributed by atoms with Gasteiger partial charge in [0, 0.05) is 25.8 Å². The van der Waals surface area contributed by atoms with Gasteiger partial charge in [-0.05, 0) is 86.1 Å². The molecule has 4 amide bonds. The number of carbonyl (C=O) groups is 4. The number of aromatic nitrogens is 1. The zero-order valence-electron chi connectivity index (χ0n) is 32.9. The predicted molar refractivity (Wildman–Crippen MR) is 213 cm³/mol. The Morgan fingerprint density at radius 3 is 2.39 bits per heavy atom. The van der Waals surface area contributed by atoms with Crippen LogP contribution >= 0.6 is 11.3 Å². The van der Waals surface area contributed by atoms with Crippen molar-refractivity contribution < 1.29 is 29.0 Å². The number of nitrogens with zero attached hydrogens (tertiary/aromatic N) is 2. The van der Waals surface area contributed by atoms with Crippen LogP contribution in [0.5, 0.6) is 5.75 Å². The van der Waals surface area contributed by atoms with Gasteiger partial charge < -0.3 is 31.1 Å². The quantitative estimate of drug-likeness (QED) is 0.113. The van der Waals surface area contributed by atoms with Crippen molar-refractivity contribution >= 4 is 35.0 Å². The fourth-order valence-corrected chi connectivity index (χ4v) is 7.51. The highest BCUT2D eigenvalue weighted by Gasteiger charge is 2.44. The molecule has 1 aliphatic rings. The Morgan fingerprint density at radius 1 is 1.02 bits per heavy atom. The summed E-state index contributed by atoms with van der Waals surface area (Å²) in [6.07, 6.45) is 3.84. The lowest BCUT2D eigenvalue weighted by molar-refractivity contribution is -0.144. The van der Waals surface area contributed by atoms with Crippen molar-refractivity contribution in [3.63, 3.8) is 0 Å². The summed E-state index contributed by atoms with van der Waals surface area (Å²) in [5.41, 5.74) is 11.6. The molecule has 0 bridgehead atoms.